The number of anilines is 1. The van der Waals surface area contributed by atoms with E-state index in [1.165, 1.54) is 11.1 Å². The Kier molecular flexibility index (Phi) is 2.73. The summed E-state index contributed by atoms with van der Waals surface area (Å²) in [7, 11) is 0. The molecule has 108 valence electrons. The number of carbonyl (C=O) groups excluding carboxylic acids is 1. The van der Waals surface area contributed by atoms with Crippen LogP contribution in [0.4, 0.5) is 5.13 Å². The fraction of sp³-hybridized carbons (Fsp3) is 0.412. The van der Waals surface area contributed by atoms with Crippen LogP contribution in [0.25, 0.3) is 0 Å². The highest BCUT2D eigenvalue weighted by Gasteiger charge is 2.35. The summed E-state index contributed by atoms with van der Waals surface area (Å²) < 4.78 is 0. The van der Waals surface area contributed by atoms with Gasteiger partial charge in [0.25, 0.3) is 0 Å². The molecular formula is C17H18N2OS. The molecule has 0 saturated carbocycles. The molecule has 0 N–H and O–H groups in total. The van der Waals surface area contributed by atoms with Gasteiger partial charge in [-0.15, -0.1) is 0 Å². The first-order valence-corrected chi connectivity index (χ1v) is 8.18. The minimum absolute atomic E-state index is 0.0450. The zero-order chi connectivity index (χ0) is 14.6. The van der Waals surface area contributed by atoms with Gasteiger partial charge in [0, 0.05) is 19.5 Å². The van der Waals surface area contributed by atoms with Crippen molar-refractivity contribution < 1.29 is 4.79 Å². The Hall–Kier alpha value is -1.68. The Balaban J connectivity index is 1.66. The van der Waals surface area contributed by atoms with Crippen molar-refractivity contribution in [3.8, 4) is 0 Å². The normalized spacial score (nSPS) is 19.5. The summed E-state index contributed by atoms with van der Waals surface area (Å²) in [6.07, 6.45) is 1.55. The average molecular weight is 298 g/mol. The number of hydrogen-bond acceptors (Lipinski definition) is 4. The Morgan fingerprint density at radius 3 is 2.48 bits per heavy atom. The van der Waals surface area contributed by atoms with Gasteiger partial charge in [-0.2, -0.15) is 0 Å². The van der Waals surface area contributed by atoms with E-state index in [9.17, 15) is 4.79 Å². The van der Waals surface area contributed by atoms with Crippen molar-refractivity contribution in [3.05, 3.63) is 46.0 Å². The SMILES string of the molecule is CC1(C)CC(=O)c2sc(N3Cc4ccccc4C3)nc2C1. The molecule has 1 aliphatic heterocycles. The lowest BCUT2D eigenvalue weighted by atomic mass is 9.78. The quantitative estimate of drug-likeness (QED) is 0.802. The topological polar surface area (TPSA) is 33.2 Å². The maximum atomic E-state index is 12.3. The number of benzene rings is 1. The maximum Gasteiger partial charge on any atom is 0.186 e. The molecule has 0 unspecified atom stereocenters. The van der Waals surface area contributed by atoms with Crippen LogP contribution in [0, 0.1) is 5.41 Å². The van der Waals surface area contributed by atoms with Gasteiger partial charge in [-0.05, 0) is 23.0 Å². The van der Waals surface area contributed by atoms with Crippen LogP contribution in [0.15, 0.2) is 24.3 Å². The van der Waals surface area contributed by atoms with Crippen LogP contribution in [0.3, 0.4) is 0 Å². The fourth-order valence-electron chi connectivity index (χ4n) is 3.31. The van der Waals surface area contributed by atoms with Crippen LogP contribution < -0.4 is 4.90 Å². The van der Waals surface area contributed by atoms with Gasteiger partial charge in [0.15, 0.2) is 10.9 Å². The third-order valence-electron chi connectivity index (χ3n) is 4.34. The number of ketones is 1. The minimum Gasteiger partial charge on any atom is -0.339 e. The summed E-state index contributed by atoms with van der Waals surface area (Å²) >= 11 is 1.58. The van der Waals surface area contributed by atoms with Crippen molar-refractivity contribution in [1.82, 2.24) is 4.98 Å². The third kappa shape index (κ3) is 2.18. The van der Waals surface area contributed by atoms with E-state index < -0.39 is 0 Å². The second-order valence-corrected chi connectivity index (χ2v) is 7.82. The number of Topliss-reactive ketones (excluding diaryl/α,β-unsaturated/α-hetero) is 1. The summed E-state index contributed by atoms with van der Waals surface area (Å²) in [6.45, 7) is 6.11. The first-order valence-electron chi connectivity index (χ1n) is 7.36. The van der Waals surface area contributed by atoms with Crippen LogP contribution in [0.2, 0.25) is 0 Å². The molecule has 1 aliphatic carbocycles. The van der Waals surface area contributed by atoms with Crippen LogP contribution in [0.5, 0.6) is 0 Å². The summed E-state index contributed by atoms with van der Waals surface area (Å²) in [5.41, 5.74) is 3.80. The minimum atomic E-state index is 0.0450. The van der Waals surface area contributed by atoms with Gasteiger partial charge in [-0.1, -0.05) is 49.4 Å². The van der Waals surface area contributed by atoms with Crippen molar-refractivity contribution in [1.29, 1.82) is 0 Å². The monoisotopic (exact) mass is 298 g/mol. The Bertz CT molecular complexity index is 707. The van der Waals surface area contributed by atoms with Gasteiger partial charge >= 0.3 is 0 Å². The molecule has 3 nitrogen and oxygen atoms in total. The lowest BCUT2D eigenvalue weighted by Crippen LogP contribution is -2.26. The van der Waals surface area contributed by atoms with Crippen LogP contribution in [0.1, 0.15) is 46.8 Å². The van der Waals surface area contributed by atoms with Crippen molar-refractivity contribution in [3.63, 3.8) is 0 Å². The van der Waals surface area contributed by atoms with Gasteiger partial charge in [0.05, 0.1) is 10.6 Å². The van der Waals surface area contributed by atoms with Gasteiger partial charge in [-0.25, -0.2) is 4.98 Å². The molecule has 0 amide bonds. The van der Waals surface area contributed by atoms with E-state index in [0.29, 0.717) is 6.42 Å². The predicted molar refractivity (Wildman–Crippen MR) is 84.9 cm³/mol. The molecule has 0 saturated heterocycles. The van der Waals surface area contributed by atoms with E-state index in [-0.39, 0.29) is 11.2 Å². The van der Waals surface area contributed by atoms with Gasteiger partial charge in [0.1, 0.15) is 0 Å². The van der Waals surface area contributed by atoms with E-state index in [1.54, 1.807) is 11.3 Å². The summed E-state index contributed by atoms with van der Waals surface area (Å²) in [5, 5.41) is 1.00. The van der Waals surface area contributed by atoms with Gasteiger partial charge in [-0.3, -0.25) is 4.79 Å². The highest BCUT2D eigenvalue weighted by atomic mass is 32.1. The van der Waals surface area contributed by atoms with Crippen molar-refractivity contribution in [2.75, 3.05) is 4.90 Å². The first kappa shape index (κ1) is 13.0. The number of nitrogens with zero attached hydrogens (tertiary/aromatic N) is 2. The lowest BCUT2D eigenvalue weighted by molar-refractivity contribution is 0.0916. The number of hydrogen-bond donors (Lipinski definition) is 0. The number of rotatable bonds is 1. The number of fused-ring (bicyclic) bond motifs is 2. The molecule has 0 bridgehead atoms. The molecule has 4 heteroatoms. The van der Waals surface area contributed by atoms with E-state index in [0.717, 1.165) is 35.2 Å². The third-order valence-corrected chi connectivity index (χ3v) is 5.54. The van der Waals surface area contributed by atoms with Crippen LogP contribution in [-0.4, -0.2) is 10.8 Å². The maximum absolute atomic E-state index is 12.3. The Labute approximate surface area is 128 Å². The molecule has 2 aliphatic rings. The van der Waals surface area contributed by atoms with Crippen LogP contribution in [-0.2, 0) is 19.5 Å². The Morgan fingerprint density at radius 1 is 1.14 bits per heavy atom. The van der Waals surface area contributed by atoms with E-state index in [4.69, 9.17) is 4.98 Å². The summed E-state index contributed by atoms with van der Waals surface area (Å²) in [5.74, 6) is 0.265. The second kappa shape index (κ2) is 4.41. The van der Waals surface area contributed by atoms with Crippen molar-refractivity contribution in [2.45, 2.75) is 39.8 Å². The van der Waals surface area contributed by atoms with Crippen molar-refractivity contribution in [2.24, 2.45) is 5.41 Å². The zero-order valence-electron chi connectivity index (χ0n) is 12.3. The molecule has 0 spiro atoms. The van der Waals surface area contributed by atoms with E-state index >= 15 is 0 Å². The largest absolute Gasteiger partial charge is 0.339 e. The first-order chi connectivity index (χ1) is 10.0. The molecular weight excluding hydrogens is 280 g/mol. The molecule has 4 rings (SSSR count). The van der Waals surface area contributed by atoms with E-state index in [1.807, 2.05) is 0 Å². The number of thiazole rings is 1. The van der Waals surface area contributed by atoms with Crippen molar-refractivity contribution >= 4 is 22.3 Å². The average Bonchev–Trinajstić information content (AvgIpc) is 2.99. The fourth-order valence-corrected chi connectivity index (χ4v) is 4.33. The smallest absolute Gasteiger partial charge is 0.186 e. The highest BCUT2D eigenvalue weighted by molar-refractivity contribution is 7.17. The molecule has 21 heavy (non-hydrogen) atoms. The molecule has 1 aromatic heterocycles. The molecule has 2 heterocycles. The zero-order valence-corrected chi connectivity index (χ0v) is 13.2. The highest BCUT2D eigenvalue weighted by Crippen LogP contribution is 2.40. The Morgan fingerprint density at radius 2 is 1.81 bits per heavy atom. The predicted octanol–water partition coefficient (Wildman–Crippen LogP) is 3.82. The molecule has 0 fully saturated rings. The summed E-state index contributed by atoms with van der Waals surface area (Å²) in [4.78, 5) is 20.3. The second-order valence-electron chi connectivity index (χ2n) is 6.84. The van der Waals surface area contributed by atoms with E-state index in [2.05, 4.69) is 43.0 Å². The number of carbonyl (C=O) groups is 1. The van der Waals surface area contributed by atoms with Gasteiger partial charge < -0.3 is 4.90 Å². The molecule has 2 aromatic rings. The molecule has 0 atom stereocenters. The molecule has 1 aromatic carbocycles. The van der Waals surface area contributed by atoms with Gasteiger partial charge in [0.2, 0.25) is 0 Å². The van der Waals surface area contributed by atoms with Crippen LogP contribution >= 0.6 is 11.3 Å². The number of aromatic nitrogens is 1. The lowest BCUT2D eigenvalue weighted by Gasteiger charge is -2.26. The summed E-state index contributed by atoms with van der Waals surface area (Å²) in [6, 6.07) is 8.52. The standard InChI is InChI=1S/C17H18N2OS/c1-17(2)7-13-15(14(20)8-17)21-16(18-13)19-9-11-5-3-4-6-12(11)10-19/h3-6H,7-10H2,1-2H3. The molecule has 0 radical (unpaired) electrons.